The van der Waals surface area contributed by atoms with Crippen molar-refractivity contribution in [3.63, 3.8) is 0 Å². The number of halogens is 1. The normalized spacial score (nSPS) is 10.7. The number of hydrogen-bond donors (Lipinski definition) is 1. The van der Waals surface area contributed by atoms with Crippen LogP contribution < -0.4 is 10.2 Å². The average Bonchev–Trinajstić information content (AvgIpc) is 2.91. The molecule has 0 fully saturated rings. The van der Waals surface area contributed by atoms with E-state index in [0.29, 0.717) is 12.1 Å². The molecule has 5 nitrogen and oxygen atoms in total. The number of rotatable bonds is 5. The average molecular weight is 427 g/mol. The number of nitrogens with zero attached hydrogens (tertiary/aromatic N) is 3. The standard InChI is InChI=1S/C21H23BrN4O/c1-14-20(23-21(27)17-6-5-7-19(12-17)25(3)4)15(2)26(24-14)13-16-8-10-18(22)11-9-16/h5-12H,13H2,1-4H3,(H,23,27). The van der Waals surface area contributed by atoms with Gasteiger partial charge in [-0.2, -0.15) is 5.10 Å². The molecule has 0 atom stereocenters. The van der Waals surface area contributed by atoms with E-state index in [1.165, 1.54) is 0 Å². The third kappa shape index (κ3) is 4.39. The Morgan fingerprint density at radius 2 is 1.85 bits per heavy atom. The lowest BCUT2D eigenvalue weighted by molar-refractivity contribution is 0.102. The van der Waals surface area contributed by atoms with Crippen molar-refractivity contribution in [1.29, 1.82) is 0 Å². The molecule has 27 heavy (non-hydrogen) atoms. The summed E-state index contributed by atoms with van der Waals surface area (Å²) >= 11 is 3.45. The summed E-state index contributed by atoms with van der Waals surface area (Å²) in [5.74, 6) is -0.131. The first-order chi connectivity index (χ1) is 12.8. The van der Waals surface area contributed by atoms with E-state index in [0.717, 1.165) is 32.8 Å². The molecule has 0 bridgehead atoms. The molecule has 1 aromatic heterocycles. The summed E-state index contributed by atoms with van der Waals surface area (Å²) < 4.78 is 2.97. The van der Waals surface area contributed by atoms with Gasteiger partial charge in [-0.05, 0) is 49.7 Å². The van der Waals surface area contributed by atoms with E-state index in [1.807, 2.05) is 73.9 Å². The minimum atomic E-state index is -0.131. The maximum absolute atomic E-state index is 12.7. The fourth-order valence-electron chi connectivity index (χ4n) is 2.91. The Morgan fingerprint density at radius 3 is 2.52 bits per heavy atom. The first-order valence-corrected chi connectivity index (χ1v) is 9.51. The Kier molecular flexibility index (Phi) is 5.65. The lowest BCUT2D eigenvalue weighted by atomic mass is 10.1. The molecular formula is C21H23BrN4O. The first-order valence-electron chi connectivity index (χ1n) is 8.72. The molecule has 0 unspecified atom stereocenters. The highest BCUT2D eigenvalue weighted by atomic mass is 79.9. The van der Waals surface area contributed by atoms with Crippen molar-refractivity contribution < 1.29 is 4.79 Å². The Morgan fingerprint density at radius 1 is 1.15 bits per heavy atom. The van der Waals surface area contributed by atoms with Crippen LogP contribution in [0.3, 0.4) is 0 Å². The topological polar surface area (TPSA) is 50.2 Å². The van der Waals surface area contributed by atoms with Crippen LogP contribution in [0.1, 0.15) is 27.3 Å². The van der Waals surface area contributed by atoms with Crippen LogP contribution in [0.5, 0.6) is 0 Å². The van der Waals surface area contributed by atoms with Gasteiger partial charge in [-0.1, -0.05) is 34.1 Å². The monoisotopic (exact) mass is 426 g/mol. The van der Waals surface area contributed by atoms with Crippen molar-refractivity contribution in [3.8, 4) is 0 Å². The van der Waals surface area contributed by atoms with E-state index in [9.17, 15) is 4.79 Å². The van der Waals surface area contributed by atoms with Gasteiger partial charge in [-0.15, -0.1) is 0 Å². The van der Waals surface area contributed by atoms with Gasteiger partial charge in [0, 0.05) is 29.8 Å². The molecule has 0 aliphatic carbocycles. The fourth-order valence-corrected chi connectivity index (χ4v) is 3.17. The van der Waals surface area contributed by atoms with Gasteiger partial charge in [0.25, 0.3) is 5.91 Å². The highest BCUT2D eigenvalue weighted by Gasteiger charge is 2.16. The number of aromatic nitrogens is 2. The van der Waals surface area contributed by atoms with Gasteiger partial charge >= 0.3 is 0 Å². The maximum Gasteiger partial charge on any atom is 0.255 e. The Hall–Kier alpha value is -2.60. The van der Waals surface area contributed by atoms with Gasteiger partial charge in [0.1, 0.15) is 0 Å². The van der Waals surface area contributed by atoms with E-state index in [1.54, 1.807) is 0 Å². The van der Waals surface area contributed by atoms with Gasteiger partial charge in [0.2, 0.25) is 0 Å². The summed E-state index contributed by atoms with van der Waals surface area (Å²) in [6, 6.07) is 15.7. The van der Waals surface area contributed by atoms with Gasteiger partial charge in [-0.25, -0.2) is 0 Å². The zero-order chi connectivity index (χ0) is 19.6. The zero-order valence-corrected chi connectivity index (χ0v) is 17.5. The molecule has 0 aliphatic heterocycles. The Labute approximate surface area is 168 Å². The number of benzene rings is 2. The number of carbonyl (C=O) groups excluding carboxylic acids is 1. The molecule has 1 N–H and O–H groups in total. The van der Waals surface area contributed by atoms with E-state index < -0.39 is 0 Å². The maximum atomic E-state index is 12.7. The van der Waals surface area contributed by atoms with Crippen molar-refractivity contribution in [2.24, 2.45) is 0 Å². The Balaban J connectivity index is 1.81. The SMILES string of the molecule is Cc1nn(Cc2ccc(Br)cc2)c(C)c1NC(=O)c1cccc(N(C)C)c1. The van der Waals surface area contributed by atoms with E-state index >= 15 is 0 Å². The summed E-state index contributed by atoms with van der Waals surface area (Å²) in [7, 11) is 3.91. The molecule has 3 rings (SSSR count). The molecule has 0 spiro atoms. The molecular weight excluding hydrogens is 404 g/mol. The lowest BCUT2D eigenvalue weighted by Gasteiger charge is -2.13. The highest BCUT2D eigenvalue weighted by Crippen LogP contribution is 2.22. The smallest absolute Gasteiger partial charge is 0.255 e. The highest BCUT2D eigenvalue weighted by molar-refractivity contribution is 9.10. The zero-order valence-electron chi connectivity index (χ0n) is 16.0. The van der Waals surface area contributed by atoms with Gasteiger partial charge in [-0.3, -0.25) is 9.48 Å². The number of amides is 1. The molecule has 0 saturated carbocycles. The van der Waals surface area contributed by atoms with Gasteiger partial charge in [0.15, 0.2) is 0 Å². The van der Waals surface area contributed by atoms with Crippen molar-refractivity contribution in [2.45, 2.75) is 20.4 Å². The van der Waals surface area contributed by atoms with Crippen LogP contribution in [0, 0.1) is 13.8 Å². The molecule has 1 amide bonds. The van der Waals surface area contributed by atoms with Crippen LogP contribution in [0.4, 0.5) is 11.4 Å². The third-order valence-corrected chi connectivity index (χ3v) is 5.02. The molecule has 6 heteroatoms. The molecule has 3 aromatic rings. The predicted molar refractivity (Wildman–Crippen MR) is 114 cm³/mol. The molecule has 0 radical (unpaired) electrons. The van der Waals surface area contributed by atoms with E-state index in [-0.39, 0.29) is 5.91 Å². The van der Waals surface area contributed by atoms with Crippen LogP contribution in [0.25, 0.3) is 0 Å². The second-order valence-corrected chi connectivity index (χ2v) is 7.64. The van der Waals surface area contributed by atoms with Gasteiger partial charge < -0.3 is 10.2 Å². The van der Waals surface area contributed by atoms with Crippen LogP contribution >= 0.6 is 15.9 Å². The number of hydrogen-bond acceptors (Lipinski definition) is 3. The summed E-state index contributed by atoms with van der Waals surface area (Å²) in [6.07, 6.45) is 0. The summed E-state index contributed by atoms with van der Waals surface area (Å²) in [4.78, 5) is 14.7. The van der Waals surface area contributed by atoms with Crippen LogP contribution in [-0.2, 0) is 6.54 Å². The van der Waals surface area contributed by atoms with Crippen LogP contribution in [-0.4, -0.2) is 29.8 Å². The lowest BCUT2D eigenvalue weighted by Crippen LogP contribution is -2.15. The molecule has 0 saturated heterocycles. The molecule has 2 aromatic carbocycles. The van der Waals surface area contributed by atoms with Crippen molar-refractivity contribution in [3.05, 3.63) is 75.5 Å². The molecule has 0 aliphatic rings. The van der Waals surface area contributed by atoms with E-state index in [2.05, 4.69) is 38.5 Å². The number of carbonyl (C=O) groups is 1. The second kappa shape index (κ2) is 7.96. The molecule has 140 valence electrons. The predicted octanol–water partition coefficient (Wildman–Crippen LogP) is 4.63. The van der Waals surface area contributed by atoms with Crippen LogP contribution in [0.2, 0.25) is 0 Å². The fraction of sp³-hybridized carbons (Fsp3) is 0.238. The quantitative estimate of drug-likeness (QED) is 0.646. The molecule has 1 heterocycles. The largest absolute Gasteiger partial charge is 0.378 e. The second-order valence-electron chi connectivity index (χ2n) is 6.73. The summed E-state index contributed by atoms with van der Waals surface area (Å²) in [5, 5.41) is 7.63. The number of anilines is 2. The third-order valence-electron chi connectivity index (χ3n) is 4.49. The van der Waals surface area contributed by atoms with Crippen molar-refractivity contribution >= 4 is 33.2 Å². The minimum Gasteiger partial charge on any atom is -0.378 e. The minimum absolute atomic E-state index is 0.131. The van der Waals surface area contributed by atoms with Crippen LogP contribution in [0.15, 0.2) is 53.0 Å². The van der Waals surface area contributed by atoms with Crippen molar-refractivity contribution in [2.75, 3.05) is 24.3 Å². The van der Waals surface area contributed by atoms with E-state index in [4.69, 9.17) is 0 Å². The summed E-state index contributed by atoms with van der Waals surface area (Å²) in [5.41, 5.74) is 5.28. The summed E-state index contributed by atoms with van der Waals surface area (Å²) in [6.45, 7) is 4.55. The number of nitrogens with one attached hydrogen (secondary N) is 1. The Bertz CT molecular complexity index is 961. The number of aryl methyl sites for hydroxylation is 1. The first kappa shape index (κ1) is 19.2. The van der Waals surface area contributed by atoms with Gasteiger partial charge in [0.05, 0.1) is 23.6 Å². The van der Waals surface area contributed by atoms with Crippen molar-refractivity contribution in [1.82, 2.24) is 9.78 Å².